The number of hydrogen-bond donors (Lipinski definition) is 0. The van der Waals surface area contributed by atoms with Gasteiger partial charge in [0, 0.05) is 6.54 Å². The lowest BCUT2D eigenvalue weighted by Crippen LogP contribution is -2.11. The van der Waals surface area contributed by atoms with Crippen LogP contribution in [0.2, 0.25) is 0 Å². The van der Waals surface area contributed by atoms with Crippen LogP contribution in [0.5, 0.6) is 0 Å². The first-order chi connectivity index (χ1) is 5.27. The third-order valence-electron chi connectivity index (χ3n) is 1.63. The van der Waals surface area contributed by atoms with Crippen LogP contribution in [0, 0.1) is 0 Å². The molecule has 0 N–H and O–H groups in total. The summed E-state index contributed by atoms with van der Waals surface area (Å²) in [7, 11) is 4.22. The van der Waals surface area contributed by atoms with Crippen molar-refractivity contribution in [3.63, 3.8) is 0 Å². The summed E-state index contributed by atoms with van der Waals surface area (Å²) in [6.45, 7) is 3.40. The second kappa shape index (κ2) is 7.80. The normalized spacial score (nSPS) is 11.6. The van der Waals surface area contributed by atoms with Crippen LogP contribution in [0.1, 0.15) is 32.6 Å². The zero-order valence-corrected chi connectivity index (χ0v) is 8.14. The highest BCUT2D eigenvalue weighted by Gasteiger charge is 1.84. The molecule has 0 aliphatic heterocycles. The van der Waals surface area contributed by atoms with Gasteiger partial charge in [0.1, 0.15) is 0 Å². The molecule has 11 heavy (non-hydrogen) atoms. The summed E-state index contributed by atoms with van der Waals surface area (Å²) in [6, 6.07) is 0. The minimum atomic E-state index is 1.17. The molecule has 0 spiro atoms. The van der Waals surface area contributed by atoms with Gasteiger partial charge in [-0.3, -0.25) is 0 Å². The number of hydrogen-bond acceptors (Lipinski definition) is 1. The predicted molar refractivity (Wildman–Crippen MR) is 51.8 cm³/mol. The van der Waals surface area contributed by atoms with E-state index < -0.39 is 0 Å². The van der Waals surface area contributed by atoms with Crippen molar-refractivity contribution in [1.29, 1.82) is 0 Å². The molecule has 0 bridgehead atoms. The first-order valence-electron chi connectivity index (χ1n) is 4.57. The van der Waals surface area contributed by atoms with Crippen molar-refractivity contribution < 1.29 is 0 Å². The molecule has 0 saturated carbocycles. The van der Waals surface area contributed by atoms with Crippen molar-refractivity contribution in [2.45, 2.75) is 32.6 Å². The summed E-state index contributed by atoms with van der Waals surface area (Å²) >= 11 is 0. The molecule has 0 fully saturated rings. The largest absolute Gasteiger partial charge is 0.309 e. The molecular weight excluding hydrogens is 134 g/mol. The van der Waals surface area contributed by atoms with Gasteiger partial charge in [-0.05, 0) is 26.9 Å². The van der Waals surface area contributed by atoms with E-state index in [4.69, 9.17) is 0 Å². The molecule has 0 saturated heterocycles. The van der Waals surface area contributed by atoms with E-state index in [1.807, 2.05) is 0 Å². The molecule has 0 heterocycles. The minimum absolute atomic E-state index is 1.17. The highest BCUT2D eigenvalue weighted by molar-refractivity contribution is 4.81. The van der Waals surface area contributed by atoms with Gasteiger partial charge in [-0.1, -0.05) is 31.9 Å². The Morgan fingerprint density at radius 2 is 1.73 bits per heavy atom. The number of rotatable bonds is 6. The summed E-state index contributed by atoms with van der Waals surface area (Å²) in [5.74, 6) is 0. The van der Waals surface area contributed by atoms with Gasteiger partial charge in [0.2, 0.25) is 0 Å². The highest BCUT2D eigenvalue weighted by atomic mass is 15.0. The zero-order valence-electron chi connectivity index (χ0n) is 8.14. The van der Waals surface area contributed by atoms with Crippen LogP contribution in [0.3, 0.4) is 0 Å². The molecule has 0 aliphatic carbocycles. The quantitative estimate of drug-likeness (QED) is 0.421. The summed E-state index contributed by atoms with van der Waals surface area (Å²) in [5.41, 5.74) is 0. The van der Waals surface area contributed by atoms with Crippen LogP contribution in [-0.2, 0) is 0 Å². The van der Waals surface area contributed by atoms with Gasteiger partial charge in [-0.25, -0.2) is 0 Å². The Hall–Kier alpha value is -0.300. The summed E-state index contributed by atoms with van der Waals surface area (Å²) < 4.78 is 0. The van der Waals surface area contributed by atoms with Crippen LogP contribution in [0.15, 0.2) is 12.2 Å². The molecular formula is C10H21N. The summed E-state index contributed by atoms with van der Waals surface area (Å²) in [6.07, 6.45) is 9.67. The maximum Gasteiger partial charge on any atom is 0.000980 e. The van der Waals surface area contributed by atoms with E-state index in [0.717, 1.165) is 0 Å². The number of allylic oxidation sites excluding steroid dienone is 1. The van der Waals surface area contributed by atoms with Crippen LogP contribution in [0.25, 0.3) is 0 Å². The van der Waals surface area contributed by atoms with Crippen LogP contribution in [0.4, 0.5) is 0 Å². The Balaban J connectivity index is 3.03. The summed E-state index contributed by atoms with van der Waals surface area (Å²) in [5, 5.41) is 0. The molecule has 1 heteroatoms. The van der Waals surface area contributed by atoms with Crippen molar-refractivity contribution in [2.75, 3.05) is 20.6 Å². The van der Waals surface area contributed by atoms with E-state index >= 15 is 0 Å². The Kier molecular flexibility index (Phi) is 7.59. The Labute approximate surface area is 71.1 Å². The fourth-order valence-corrected chi connectivity index (χ4v) is 0.890. The standard InChI is InChI=1S/C10H21N/c1-4-5-6-7-8-9-10-11(2)3/h7-8H,4-6,9-10H2,1-3H3. The summed E-state index contributed by atoms with van der Waals surface area (Å²) in [4.78, 5) is 2.21. The van der Waals surface area contributed by atoms with E-state index in [9.17, 15) is 0 Å². The van der Waals surface area contributed by atoms with Crippen LogP contribution < -0.4 is 0 Å². The second-order valence-corrected chi connectivity index (χ2v) is 3.21. The minimum Gasteiger partial charge on any atom is -0.309 e. The van der Waals surface area contributed by atoms with Gasteiger partial charge in [-0.2, -0.15) is 0 Å². The van der Waals surface area contributed by atoms with Gasteiger partial charge in [0.25, 0.3) is 0 Å². The van der Waals surface area contributed by atoms with E-state index in [-0.39, 0.29) is 0 Å². The van der Waals surface area contributed by atoms with Crippen molar-refractivity contribution in [3.05, 3.63) is 12.2 Å². The number of nitrogens with zero attached hydrogens (tertiary/aromatic N) is 1. The maximum atomic E-state index is 2.30. The third kappa shape index (κ3) is 9.70. The van der Waals surface area contributed by atoms with Crippen molar-refractivity contribution >= 4 is 0 Å². The molecule has 0 aromatic rings. The smallest absolute Gasteiger partial charge is 0.000980 e. The fraction of sp³-hybridized carbons (Fsp3) is 0.800. The van der Waals surface area contributed by atoms with E-state index in [2.05, 4.69) is 38.1 Å². The maximum absolute atomic E-state index is 2.30. The van der Waals surface area contributed by atoms with E-state index in [0.29, 0.717) is 0 Å². The van der Waals surface area contributed by atoms with Crippen LogP contribution >= 0.6 is 0 Å². The lowest BCUT2D eigenvalue weighted by atomic mass is 10.2. The van der Waals surface area contributed by atoms with Crippen LogP contribution in [-0.4, -0.2) is 25.5 Å². The van der Waals surface area contributed by atoms with E-state index in [1.165, 1.54) is 32.2 Å². The molecule has 0 rings (SSSR count). The first-order valence-corrected chi connectivity index (χ1v) is 4.57. The zero-order chi connectivity index (χ0) is 8.53. The van der Waals surface area contributed by atoms with Gasteiger partial charge in [0.05, 0.1) is 0 Å². The molecule has 0 unspecified atom stereocenters. The van der Waals surface area contributed by atoms with Crippen molar-refractivity contribution in [2.24, 2.45) is 0 Å². The molecule has 0 aromatic carbocycles. The van der Waals surface area contributed by atoms with Crippen molar-refractivity contribution in [3.8, 4) is 0 Å². The molecule has 66 valence electrons. The second-order valence-electron chi connectivity index (χ2n) is 3.21. The average molecular weight is 155 g/mol. The molecule has 0 aliphatic rings. The topological polar surface area (TPSA) is 3.24 Å². The Morgan fingerprint density at radius 3 is 2.27 bits per heavy atom. The first kappa shape index (κ1) is 10.7. The third-order valence-corrected chi connectivity index (χ3v) is 1.63. The monoisotopic (exact) mass is 155 g/mol. The fourth-order valence-electron chi connectivity index (χ4n) is 0.890. The Bertz CT molecular complexity index is 95.0. The highest BCUT2D eigenvalue weighted by Crippen LogP contribution is 1.96. The van der Waals surface area contributed by atoms with Gasteiger partial charge in [-0.15, -0.1) is 0 Å². The lowest BCUT2D eigenvalue weighted by molar-refractivity contribution is 0.417. The SMILES string of the molecule is CCCCC=CCCN(C)C. The Morgan fingerprint density at radius 1 is 1.09 bits per heavy atom. The lowest BCUT2D eigenvalue weighted by Gasteiger charge is -2.05. The molecule has 0 atom stereocenters. The van der Waals surface area contributed by atoms with Crippen molar-refractivity contribution in [1.82, 2.24) is 4.90 Å². The van der Waals surface area contributed by atoms with Gasteiger partial charge >= 0.3 is 0 Å². The van der Waals surface area contributed by atoms with E-state index in [1.54, 1.807) is 0 Å². The molecule has 1 nitrogen and oxygen atoms in total. The molecule has 0 amide bonds. The van der Waals surface area contributed by atoms with Gasteiger partial charge < -0.3 is 4.90 Å². The average Bonchev–Trinajstić information content (AvgIpc) is 1.96. The number of unbranched alkanes of at least 4 members (excludes halogenated alkanes) is 2. The molecule has 0 radical (unpaired) electrons. The van der Waals surface area contributed by atoms with Gasteiger partial charge in [0.15, 0.2) is 0 Å². The molecule has 0 aromatic heterocycles. The predicted octanol–water partition coefficient (Wildman–Crippen LogP) is 2.68.